The lowest BCUT2D eigenvalue weighted by Gasteiger charge is -2.27. The number of carbonyl (C=O) groups excluding carboxylic acids is 4. The van der Waals surface area contributed by atoms with Gasteiger partial charge < -0.3 is 10.2 Å². The number of para-hydroxylation sites is 2. The number of hydrogen-bond acceptors (Lipinski definition) is 6. The highest BCUT2D eigenvalue weighted by Crippen LogP contribution is 2.28. The van der Waals surface area contributed by atoms with Gasteiger partial charge in [0.1, 0.15) is 16.9 Å². The summed E-state index contributed by atoms with van der Waals surface area (Å²) in [6, 6.07) is 9.86. The zero-order chi connectivity index (χ0) is 35.4. The predicted molar refractivity (Wildman–Crippen MR) is 189 cm³/mol. The first kappa shape index (κ1) is 40.1. The molecule has 0 bridgehead atoms. The standard InChI is InChI=1S/C38H58N4O6/c1-5-8-11-14-15-18-27-38(4,36(47)41-39-34(45)30-25-19-23-28(32(30)43)21-16-12-9-6-2)37(48)42-40-35(46)31-26-20-24-29(33(31)44)22-17-13-10-7-3/h19-20,23-26,43-44H,5-18,21-22,27H2,1-4H3,(H,39,45)(H,40,46)(H,41,47)(H,42,48). The van der Waals surface area contributed by atoms with Crippen LogP contribution in [0.5, 0.6) is 11.5 Å². The van der Waals surface area contributed by atoms with Crippen LogP contribution in [0.1, 0.15) is 156 Å². The van der Waals surface area contributed by atoms with Crippen LogP contribution in [-0.2, 0) is 22.4 Å². The van der Waals surface area contributed by atoms with Gasteiger partial charge in [-0.25, -0.2) is 0 Å². The van der Waals surface area contributed by atoms with E-state index in [9.17, 15) is 29.4 Å². The molecule has 0 aliphatic heterocycles. The highest BCUT2D eigenvalue weighted by molar-refractivity contribution is 6.07. The Labute approximate surface area is 286 Å². The fourth-order valence-electron chi connectivity index (χ4n) is 5.66. The van der Waals surface area contributed by atoms with Crippen molar-refractivity contribution in [3.8, 4) is 11.5 Å². The molecule has 0 radical (unpaired) electrons. The van der Waals surface area contributed by atoms with Gasteiger partial charge in [0, 0.05) is 0 Å². The highest BCUT2D eigenvalue weighted by atomic mass is 16.3. The number of phenols is 2. The maximum Gasteiger partial charge on any atom is 0.273 e. The normalized spacial score (nSPS) is 11.2. The first-order valence-corrected chi connectivity index (χ1v) is 17.9. The van der Waals surface area contributed by atoms with E-state index in [0.29, 0.717) is 30.4 Å². The SMILES string of the molecule is CCCCCCCCC(C)(C(=O)NNC(=O)c1cccc(CCCCCC)c1O)C(=O)NNC(=O)c1cccc(CCCCCC)c1O. The molecule has 0 spiro atoms. The number of aryl methyl sites for hydroxylation is 2. The number of hydrazine groups is 2. The highest BCUT2D eigenvalue weighted by Gasteiger charge is 2.41. The van der Waals surface area contributed by atoms with Crippen LogP contribution >= 0.6 is 0 Å². The fraction of sp³-hybridized carbons (Fsp3) is 0.579. The first-order chi connectivity index (χ1) is 23.1. The number of hydrogen-bond donors (Lipinski definition) is 6. The Kier molecular flexibility index (Phi) is 18.1. The summed E-state index contributed by atoms with van der Waals surface area (Å²) >= 11 is 0. The zero-order valence-corrected chi connectivity index (χ0v) is 29.5. The molecule has 0 saturated carbocycles. The Bertz CT molecular complexity index is 1240. The average Bonchev–Trinajstić information content (AvgIpc) is 3.08. The van der Waals surface area contributed by atoms with Crippen LogP contribution in [0, 0.1) is 5.41 Å². The van der Waals surface area contributed by atoms with Crippen molar-refractivity contribution in [2.75, 3.05) is 0 Å². The van der Waals surface area contributed by atoms with E-state index < -0.39 is 29.0 Å². The van der Waals surface area contributed by atoms with Crippen molar-refractivity contribution in [2.45, 2.75) is 137 Å². The van der Waals surface area contributed by atoms with E-state index in [2.05, 4.69) is 42.5 Å². The molecule has 0 saturated heterocycles. The molecule has 6 N–H and O–H groups in total. The molecular weight excluding hydrogens is 608 g/mol. The Morgan fingerprint density at radius 1 is 0.542 bits per heavy atom. The largest absolute Gasteiger partial charge is 0.507 e. The van der Waals surface area contributed by atoms with Gasteiger partial charge in [-0.05, 0) is 62.3 Å². The predicted octanol–water partition coefficient (Wildman–Crippen LogP) is 7.32. The van der Waals surface area contributed by atoms with Crippen molar-refractivity contribution in [2.24, 2.45) is 5.41 Å². The third kappa shape index (κ3) is 12.5. The van der Waals surface area contributed by atoms with Crippen molar-refractivity contribution in [3.05, 3.63) is 58.7 Å². The van der Waals surface area contributed by atoms with Gasteiger partial charge in [-0.1, -0.05) is 122 Å². The van der Waals surface area contributed by atoms with Crippen LogP contribution < -0.4 is 21.7 Å². The topological polar surface area (TPSA) is 157 Å². The molecule has 2 rings (SSSR count). The van der Waals surface area contributed by atoms with Gasteiger partial charge in [0.2, 0.25) is 0 Å². The summed E-state index contributed by atoms with van der Waals surface area (Å²) in [6.07, 6.45) is 15.2. The summed E-state index contributed by atoms with van der Waals surface area (Å²) in [5.41, 5.74) is 9.14. The number of rotatable bonds is 21. The van der Waals surface area contributed by atoms with Gasteiger partial charge >= 0.3 is 0 Å². The molecule has 48 heavy (non-hydrogen) atoms. The van der Waals surface area contributed by atoms with Gasteiger partial charge in [0.05, 0.1) is 11.1 Å². The molecule has 2 aromatic rings. The third-order valence-electron chi connectivity index (χ3n) is 8.94. The second-order valence-electron chi connectivity index (χ2n) is 12.9. The number of aromatic hydroxyl groups is 2. The Morgan fingerprint density at radius 3 is 1.33 bits per heavy atom. The second-order valence-corrected chi connectivity index (χ2v) is 12.9. The van der Waals surface area contributed by atoms with E-state index in [-0.39, 0.29) is 29.0 Å². The molecule has 10 heteroatoms. The van der Waals surface area contributed by atoms with Gasteiger partial charge in [-0.2, -0.15) is 0 Å². The van der Waals surface area contributed by atoms with Crippen LogP contribution in [-0.4, -0.2) is 33.8 Å². The minimum atomic E-state index is -1.66. The Morgan fingerprint density at radius 2 is 0.917 bits per heavy atom. The van der Waals surface area contributed by atoms with Crippen molar-refractivity contribution >= 4 is 23.6 Å². The number of carbonyl (C=O) groups is 4. The summed E-state index contributed by atoms with van der Waals surface area (Å²) in [4.78, 5) is 53.1. The van der Waals surface area contributed by atoms with E-state index in [0.717, 1.165) is 83.5 Å². The molecule has 2 aromatic carbocycles. The van der Waals surface area contributed by atoms with Gasteiger partial charge in [-0.15, -0.1) is 0 Å². The molecular formula is C38H58N4O6. The van der Waals surface area contributed by atoms with E-state index in [1.54, 1.807) is 24.3 Å². The number of nitrogens with one attached hydrogen (secondary N) is 4. The van der Waals surface area contributed by atoms with Gasteiger partial charge in [-0.3, -0.25) is 40.9 Å². The average molecular weight is 667 g/mol. The molecule has 0 unspecified atom stereocenters. The maximum absolute atomic E-state index is 13.5. The molecule has 0 heterocycles. The number of benzene rings is 2. The lowest BCUT2D eigenvalue weighted by atomic mass is 9.82. The quantitative estimate of drug-likeness (QED) is 0.0466. The molecule has 4 amide bonds. The van der Waals surface area contributed by atoms with Crippen LogP contribution in [0.15, 0.2) is 36.4 Å². The van der Waals surface area contributed by atoms with E-state index in [1.165, 1.54) is 19.1 Å². The fourth-order valence-corrected chi connectivity index (χ4v) is 5.66. The molecule has 0 atom stereocenters. The molecule has 0 aromatic heterocycles. The Hall–Kier alpha value is -4.08. The smallest absolute Gasteiger partial charge is 0.273 e. The summed E-state index contributed by atoms with van der Waals surface area (Å²) in [5, 5.41) is 21.5. The minimum absolute atomic E-state index is 0.0186. The van der Waals surface area contributed by atoms with E-state index >= 15 is 0 Å². The van der Waals surface area contributed by atoms with Crippen LogP contribution in [0.25, 0.3) is 0 Å². The monoisotopic (exact) mass is 666 g/mol. The third-order valence-corrected chi connectivity index (χ3v) is 8.94. The summed E-state index contributed by atoms with van der Waals surface area (Å²) in [5.74, 6) is -3.21. The molecule has 10 nitrogen and oxygen atoms in total. The minimum Gasteiger partial charge on any atom is -0.507 e. The van der Waals surface area contributed by atoms with Crippen molar-refractivity contribution < 1.29 is 29.4 Å². The molecule has 0 fully saturated rings. The van der Waals surface area contributed by atoms with Crippen molar-refractivity contribution in [1.29, 1.82) is 0 Å². The van der Waals surface area contributed by atoms with Crippen LogP contribution in [0.4, 0.5) is 0 Å². The summed E-state index contributed by atoms with van der Waals surface area (Å²) in [7, 11) is 0. The lowest BCUT2D eigenvalue weighted by molar-refractivity contribution is -0.144. The van der Waals surface area contributed by atoms with Gasteiger partial charge in [0.15, 0.2) is 0 Å². The first-order valence-electron chi connectivity index (χ1n) is 17.9. The summed E-state index contributed by atoms with van der Waals surface area (Å²) < 4.78 is 0. The molecule has 0 aliphatic rings. The number of unbranched alkanes of at least 4 members (excludes halogenated alkanes) is 11. The van der Waals surface area contributed by atoms with E-state index in [1.807, 2.05) is 0 Å². The maximum atomic E-state index is 13.5. The van der Waals surface area contributed by atoms with Crippen molar-refractivity contribution in [3.63, 3.8) is 0 Å². The number of amides is 4. The van der Waals surface area contributed by atoms with Crippen LogP contribution in [0.2, 0.25) is 0 Å². The Balaban J connectivity index is 2.11. The molecule has 0 aliphatic carbocycles. The lowest BCUT2D eigenvalue weighted by Crippen LogP contribution is -2.57. The van der Waals surface area contributed by atoms with Crippen molar-refractivity contribution in [1.82, 2.24) is 21.7 Å². The van der Waals surface area contributed by atoms with E-state index in [4.69, 9.17) is 0 Å². The van der Waals surface area contributed by atoms with Crippen LogP contribution in [0.3, 0.4) is 0 Å². The second kappa shape index (κ2) is 21.7. The van der Waals surface area contributed by atoms with Gasteiger partial charge in [0.25, 0.3) is 23.6 Å². The number of phenolic OH excluding ortho intramolecular Hbond substituents is 2. The zero-order valence-electron chi connectivity index (χ0n) is 29.5. The molecule has 266 valence electrons. The summed E-state index contributed by atoms with van der Waals surface area (Å²) in [6.45, 7) is 7.83.